The van der Waals surface area contributed by atoms with Crippen LogP contribution in [0.2, 0.25) is 0 Å². The van der Waals surface area contributed by atoms with Gasteiger partial charge in [0, 0.05) is 18.4 Å². The molecule has 10 heteroatoms. The number of thiophene rings is 1. The molecule has 0 aliphatic carbocycles. The highest BCUT2D eigenvalue weighted by Crippen LogP contribution is 2.29. The summed E-state index contributed by atoms with van der Waals surface area (Å²) in [5.41, 5.74) is 0.203. The van der Waals surface area contributed by atoms with E-state index in [0.717, 1.165) is 42.3 Å². The highest BCUT2D eigenvalue weighted by molar-refractivity contribution is 7.99. The molecule has 1 atom stereocenters. The zero-order chi connectivity index (χ0) is 20.2. The first kappa shape index (κ1) is 20.0. The van der Waals surface area contributed by atoms with Crippen LogP contribution in [0.1, 0.15) is 12.8 Å². The Bertz CT molecular complexity index is 988. The second-order valence-electron chi connectivity index (χ2n) is 6.49. The van der Waals surface area contributed by atoms with Crippen molar-refractivity contribution in [2.45, 2.75) is 30.6 Å². The molecule has 4 rings (SSSR count). The van der Waals surface area contributed by atoms with Gasteiger partial charge in [0.2, 0.25) is 5.91 Å². The monoisotopic (exact) mass is 436 g/mol. The first-order valence-electron chi connectivity index (χ1n) is 9.06. The van der Waals surface area contributed by atoms with Gasteiger partial charge in [0.1, 0.15) is 0 Å². The Kier molecular flexibility index (Phi) is 6.22. The second-order valence-corrected chi connectivity index (χ2v) is 8.39. The molecule has 3 heterocycles. The molecule has 1 aliphatic heterocycles. The van der Waals surface area contributed by atoms with Crippen molar-refractivity contribution in [3.63, 3.8) is 0 Å². The van der Waals surface area contributed by atoms with Crippen molar-refractivity contribution in [2.24, 2.45) is 0 Å². The molecule has 1 unspecified atom stereocenters. The molecule has 2 aromatic heterocycles. The largest absolute Gasteiger partial charge is 0.376 e. The minimum absolute atomic E-state index is 0.0626. The lowest BCUT2D eigenvalue weighted by atomic mass is 10.2. The van der Waals surface area contributed by atoms with E-state index in [1.54, 1.807) is 11.3 Å². The predicted molar refractivity (Wildman–Crippen MR) is 108 cm³/mol. The molecular formula is C19H18F2N4O2S2. The van der Waals surface area contributed by atoms with Crippen LogP contribution >= 0.6 is 23.1 Å². The van der Waals surface area contributed by atoms with Crippen LogP contribution in [0, 0.1) is 11.6 Å². The number of nitrogens with one attached hydrogen (secondary N) is 1. The lowest BCUT2D eigenvalue weighted by molar-refractivity contribution is -0.113. The zero-order valence-electron chi connectivity index (χ0n) is 15.3. The number of amides is 1. The Balaban J connectivity index is 1.46. The van der Waals surface area contributed by atoms with Crippen molar-refractivity contribution >= 4 is 34.7 Å². The number of nitrogens with zero attached hydrogens (tertiary/aromatic N) is 3. The van der Waals surface area contributed by atoms with Gasteiger partial charge in [-0.05, 0) is 36.4 Å². The Hall–Kier alpha value is -2.30. The van der Waals surface area contributed by atoms with Crippen molar-refractivity contribution in [1.29, 1.82) is 0 Å². The highest BCUT2D eigenvalue weighted by Gasteiger charge is 2.22. The SMILES string of the molecule is O=C(CSc1nnc(-c2cccs2)n1CC1CCCO1)Nc1ccc(F)c(F)c1. The number of anilines is 1. The third-order valence-electron chi connectivity index (χ3n) is 4.40. The lowest BCUT2D eigenvalue weighted by Gasteiger charge is -2.14. The Morgan fingerprint density at radius 2 is 2.21 bits per heavy atom. The summed E-state index contributed by atoms with van der Waals surface area (Å²) in [5.74, 6) is -1.50. The third-order valence-corrected chi connectivity index (χ3v) is 6.24. The predicted octanol–water partition coefficient (Wildman–Crippen LogP) is 4.19. The maximum absolute atomic E-state index is 13.3. The third kappa shape index (κ3) is 4.82. The fraction of sp³-hybridized carbons (Fsp3) is 0.316. The molecule has 1 amide bonds. The molecule has 1 saturated heterocycles. The van der Waals surface area contributed by atoms with E-state index in [9.17, 15) is 13.6 Å². The van der Waals surface area contributed by atoms with E-state index in [0.29, 0.717) is 11.7 Å². The van der Waals surface area contributed by atoms with Gasteiger partial charge in [0.25, 0.3) is 0 Å². The first-order chi connectivity index (χ1) is 14.1. The van der Waals surface area contributed by atoms with Crippen LogP contribution in [0.5, 0.6) is 0 Å². The van der Waals surface area contributed by atoms with Crippen LogP contribution in [0.4, 0.5) is 14.5 Å². The van der Waals surface area contributed by atoms with Crippen LogP contribution < -0.4 is 5.32 Å². The standard InChI is InChI=1S/C19H18F2N4O2S2/c20-14-6-5-12(9-15(14)21)22-17(26)11-29-19-24-23-18(16-4-2-8-28-16)25(19)10-13-3-1-7-27-13/h2,4-6,8-9,13H,1,3,7,10-11H2,(H,22,26). The Morgan fingerprint density at radius 1 is 1.31 bits per heavy atom. The highest BCUT2D eigenvalue weighted by atomic mass is 32.2. The van der Waals surface area contributed by atoms with Gasteiger partial charge in [-0.2, -0.15) is 0 Å². The quantitative estimate of drug-likeness (QED) is 0.563. The lowest BCUT2D eigenvalue weighted by Crippen LogP contribution is -2.18. The molecule has 0 spiro atoms. The maximum atomic E-state index is 13.3. The van der Waals surface area contributed by atoms with Crippen LogP contribution in [0.15, 0.2) is 40.9 Å². The molecule has 1 aromatic carbocycles. The average Bonchev–Trinajstić information content (AvgIpc) is 3.45. The first-order valence-corrected chi connectivity index (χ1v) is 10.9. The molecule has 1 fully saturated rings. The normalized spacial score (nSPS) is 16.3. The van der Waals surface area contributed by atoms with E-state index in [2.05, 4.69) is 15.5 Å². The molecule has 1 aliphatic rings. The summed E-state index contributed by atoms with van der Waals surface area (Å²) >= 11 is 2.81. The van der Waals surface area contributed by atoms with Crippen molar-refractivity contribution in [1.82, 2.24) is 14.8 Å². The van der Waals surface area contributed by atoms with E-state index in [4.69, 9.17) is 4.74 Å². The van der Waals surface area contributed by atoms with Gasteiger partial charge in [-0.15, -0.1) is 21.5 Å². The average molecular weight is 437 g/mol. The smallest absolute Gasteiger partial charge is 0.234 e. The van der Waals surface area contributed by atoms with E-state index < -0.39 is 11.6 Å². The van der Waals surface area contributed by atoms with Crippen molar-refractivity contribution < 1.29 is 18.3 Å². The molecule has 0 bridgehead atoms. The van der Waals surface area contributed by atoms with Gasteiger partial charge in [-0.3, -0.25) is 9.36 Å². The van der Waals surface area contributed by atoms with E-state index in [-0.39, 0.29) is 23.5 Å². The Morgan fingerprint density at radius 3 is 2.93 bits per heavy atom. The van der Waals surface area contributed by atoms with E-state index in [1.165, 1.54) is 17.8 Å². The number of ether oxygens (including phenoxy) is 1. The fourth-order valence-corrected chi connectivity index (χ4v) is 4.51. The zero-order valence-corrected chi connectivity index (χ0v) is 16.9. The summed E-state index contributed by atoms with van der Waals surface area (Å²) in [6.07, 6.45) is 2.10. The van der Waals surface area contributed by atoms with Gasteiger partial charge in [0.15, 0.2) is 22.6 Å². The summed E-state index contributed by atoms with van der Waals surface area (Å²) in [5, 5.41) is 13.7. The van der Waals surface area contributed by atoms with Crippen molar-refractivity contribution in [2.75, 3.05) is 17.7 Å². The minimum Gasteiger partial charge on any atom is -0.376 e. The van der Waals surface area contributed by atoms with Gasteiger partial charge < -0.3 is 10.1 Å². The van der Waals surface area contributed by atoms with Crippen molar-refractivity contribution in [3.05, 3.63) is 47.3 Å². The summed E-state index contributed by atoms with van der Waals surface area (Å²) in [4.78, 5) is 13.2. The summed E-state index contributed by atoms with van der Waals surface area (Å²) in [6, 6.07) is 7.17. The number of halogens is 2. The minimum atomic E-state index is -1.01. The molecule has 152 valence electrons. The summed E-state index contributed by atoms with van der Waals surface area (Å²) in [7, 11) is 0. The maximum Gasteiger partial charge on any atom is 0.234 e. The number of benzene rings is 1. The molecule has 29 heavy (non-hydrogen) atoms. The second kappa shape index (κ2) is 9.02. The topological polar surface area (TPSA) is 69.0 Å². The van der Waals surface area contributed by atoms with Crippen molar-refractivity contribution in [3.8, 4) is 10.7 Å². The van der Waals surface area contributed by atoms with E-state index in [1.807, 2.05) is 22.1 Å². The van der Waals surface area contributed by atoms with Crippen LogP contribution in [-0.4, -0.2) is 39.1 Å². The molecule has 0 radical (unpaired) electrons. The number of hydrogen-bond donors (Lipinski definition) is 1. The van der Waals surface area contributed by atoms with Gasteiger partial charge in [-0.1, -0.05) is 17.8 Å². The fourth-order valence-electron chi connectivity index (χ4n) is 3.04. The molecule has 0 saturated carbocycles. The van der Waals surface area contributed by atoms with Gasteiger partial charge >= 0.3 is 0 Å². The van der Waals surface area contributed by atoms with Gasteiger partial charge in [-0.25, -0.2) is 8.78 Å². The number of carbonyl (C=O) groups excluding carboxylic acids is 1. The number of rotatable bonds is 7. The molecule has 3 aromatic rings. The molecular weight excluding hydrogens is 418 g/mol. The molecule has 6 nitrogen and oxygen atoms in total. The molecule has 1 N–H and O–H groups in total. The summed E-state index contributed by atoms with van der Waals surface area (Å²) < 4.78 is 34.1. The number of hydrogen-bond acceptors (Lipinski definition) is 6. The number of carbonyl (C=O) groups is 1. The number of thioether (sulfide) groups is 1. The van der Waals surface area contributed by atoms with Crippen LogP contribution in [0.25, 0.3) is 10.7 Å². The van der Waals surface area contributed by atoms with Crippen LogP contribution in [-0.2, 0) is 16.1 Å². The number of aromatic nitrogens is 3. The van der Waals surface area contributed by atoms with Crippen LogP contribution in [0.3, 0.4) is 0 Å². The van der Waals surface area contributed by atoms with E-state index >= 15 is 0 Å². The summed E-state index contributed by atoms with van der Waals surface area (Å²) in [6.45, 7) is 1.37. The Labute approximate surface area is 174 Å². The van der Waals surface area contributed by atoms with Gasteiger partial charge in [0.05, 0.1) is 23.3 Å².